The highest BCUT2D eigenvalue weighted by atomic mass is 19.1. The zero-order valence-corrected chi connectivity index (χ0v) is 21.0. The molecule has 11 heteroatoms. The Morgan fingerprint density at radius 3 is 2.54 bits per heavy atom. The number of aromatic nitrogens is 2. The summed E-state index contributed by atoms with van der Waals surface area (Å²) in [5, 5.41) is 3.56. The molecule has 9 nitrogen and oxygen atoms in total. The summed E-state index contributed by atoms with van der Waals surface area (Å²) >= 11 is 0. The van der Waals surface area contributed by atoms with Crippen molar-refractivity contribution in [3.63, 3.8) is 0 Å². The Labute approximate surface area is 214 Å². The molecule has 0 saturated carbocycles. The Morgan fingerprint density at radius 2 is 1.81 bits per heavy atom. The summed E-state index contributed by atoms with van der Waals surface area (Å²) in [6.45, 7) is 8.74. The number of fused-ring (bicyclic) bond motifs is 1. The van der Waals surface area contributed by atoms with Gasteiger partial charge in [0.2, 0.25) is 0 Å². The Bertz CT molecular complexity index is 1290. The second-order valence-corrected chi connectivity index (χ2v) is 9.05. The molecule has 2 saturated heterocycles. The number of anilines is 4. The summed E-state index contributed by atoms with van der Waals surface area (Å²) < 4.78 is 39.9. The number of carbonyl (C=O) groups excluding carboxylic acids is 1. The number of nitrogens with zero attached hydrogens (tertiary/aromatic N) is 5. The molecule has 0 spiro atoms. The molecule has 3 aromatic rings. The van der Waals surface area contributed by atoms with E-state index in [-0.39, 0.29) is 17.0 Å². The number of rotatable bonds is 5. The zero-order chi connectivity index (χ0) is 25.9. The van der Waals surface area contributed by atoms with E-state index in [0.717, 1.165) is 30.4 Å². The van der Waals surface area contributed by atoms with E-state index < -0.39 is 11.6 Å². The van der Waals surface area contributed by atoms with Crippen LogP contribution in [-0.2, 0) is 9.47 Å². The van der Waals surface area contributed by atoms with E-state index in [1.807, 2.05) is 17.9 Å². The van der Waals surface area contributed by atoms with Crippen molar-refractivity contribution in [2.45, 2.75) is 13.8 Å². The third kappa shape index (κ3) is 5.22. The van der Waals surface area contributed by atoms with E-state index in [1.54, 1.807) is 24.2 Å². The van der Waals surface area contributed by atoms with E-state index in [2.05, 4.69) is 20.2 Å². The second kappa shape index (κ2) is 10.7. The number of ether oxygens (including phenoxy) is 2. The molecule has 0 atom stereocenters. The van der Waals surface area contributed by atoms with Gasteiger partial charge in [-0.15, -0.1) is 0 Å². The van der Waals surface area contributed by atoms with Gasteiger partial charge in [-0.05, 0) is 19.9 Å². The maximum atomic E-state index is 15.1. The van der Waals surface area contributed by atoms with Gasteiger partial charge in [0.25, 0.3) is 0 Å². The number of amides is 1. The first kappa shape index (κ1) is 24.9. The molecule has 2 aromatic heterocycles. The predicted octanol–water partition coefficient (Wildman–Crippen LogP) is 4.08. The van der Waals surface area contributed by atoms with Gasteiger partial charge in [0, 0.05) is 57.0 Å². The molecule has 1 N–H and O–H groups in total. The molecule has 1 aromatic carbocycles. The molecular weight excluding hydrogens is 482 g/mol. The predicted molar refractivity (Wildman–Crippen MR) is 138 cm³/mol. The molecule has 196 valence electrons. The summed E-state index contributed by atoms with van der Waals surface area (Å²) in [7, 11) is 0. The van der Waals surface area contributed by atoms with Gasteiger partial charge in [-0.1, -0.05) is 0 Å². The summed E-state index contributed by atoms with van der Waals surface area (Å²) in [4.78, 5) is 27.0. The lowest BCUT2D eigenvalue weighted by molar-refractivity contribution is 0.105. The fourth-order valence-electron chi connectivity index (χ4n) is 4.81. The lowest BCUT2D eigenvalue weighted by atomic mass is 10.1. The third-order valence-electron chi connectivity index (χ3n) is 6.70. The van der Waals surface area contributed by atoms with Gasteiger partial charge in [0.1, 0.15) is 17.5 Å². The molecular formula is C26H30F2N6O3. The summed E-state index contributed by atoms with van der Waals surface area (Å²) in [6, 6.07) is 4.07. The van der Waals surface area contributed by atoms with Crippen molar-refractivity contribution in [2.75, 3.05) is 74.2 Å². The highest BCUT2D eigenvalue weighted by molar-refractivity contribution is 5.97. The maximum absolute atomic E-state index is 15.1. The molecule has 0 aliphatic carbocycles. The van der Waals surface area contributed by atoms with E-state index >= 15 is 4.39 Å². The van der Waals surface area contributed by atoms with Crippen molar-refractivity contribution in [2.24, 2.45) is 0 Å². The van der Waals surface area contributed by atoms with Crippen LogP contribution in [0.5, 0.6) is 0 Å². The number of piperazine rings is 1. The van der Waals surface area contributed by atoms with Crippen LogP contribution in [0.2, 0.25) is 0 Å². The number of nitrogens with one attached hydrogen (secondary N) is 1. The van der Waals surface area contributed by atoms with Gasteiger partial charge in [-0.25, -0.2) is 18.6 Å². The minimum Gasteiger partial charge on any atom is -0.450 e. The smallest absolute Gasteiger partial charge is 0.409 e. The van der Waals surface area contributed by atoms with Crippen molar-refractivity contribution >= 4 is 39.9 Å². The van der Waals surface area contributed by atoms with Crippen LogP contribution >= 0.6 is 0 Å². The molecule has 5 rings (SSSR count). The molecule has 2 aliphatic heterocycles. The van der Waals surface area contributed by atoms with Crippen LogP contribution in [0.4, 0.5) is 36.5 Å². The third-order valence-corrected chi connectivity index (χ3v) is 6.70. The number of hydrogen-bond acceptors (Lipinski definition) is 8. The number of halogens is 2. The van der Waals surface area contributed by atoms with Crippen LogP contribution < -0.4 is 15.1 Å². The van der Waals surface area contributed by atoms with E-state index in [9.17, 15) is 9.18 Å². The Balaban J connectivity index is 1.49. The van der Waals surface area contributed by atoms with Crippen molar-refractivity contribution < 1.29 is 23.0 Å². The van der Waals surface area contributed by atoms with Gasteiger partial charge in [-0.2, -0.15) is 0 Å². The van der Waals surface area contributed by atoms with E-state index in [4.69, 9.17) is 9.47 Å². The molecule has 0 bridgehead atoms. The van der Waals surface area contributed by atoms with Gasteiger partial charge >= 0.3 is 6.09 Å². The standard InChI is InChI=1S/C26H30F2N6O3/c1-3-37-26(35)34-6-4-33(5-7-34)25-17(2)24(23-21(28)12-18(27)13-22(23)31-25)30-19-14-20(16-29-15-19)32-8-10-36-11-9-32/h12-16H,3-11H2,1-2H3,(H,30,31). The van der Waals surface area contributed by atoms with Crippen LogP contribution in [0.25, 0.3) is 10.9 Å². The van der Waals surface area contributed by atoms with Crippen LogP contribution in [0, 0.1) is 18.6 Å². The van der Waals surface area contributed by atoms with Crippen LogP contribution in [-0.4, -0.2) is 80.1 Å². The first-order chi connectivity index (χ1) is 17.9. The van der Waals surface area contributed by atoms with Gasteiger partial charge in [0.15, 0.2) is 0 Å². The van der Waals surface area contributed by atoms with Gasteiger partial charge in [-0.3, -0.25) is 4.98 Å². The summed E-state index contributed by atoms with van der Waals surface area (Å²) in [5.74, 6) is -0.772. The van der Waals surface area contributed by atoms with Crippen LogP contribution in [0.15, 0.2) is 30.6 Å². The molecule has 1 amide bonds. The maximum Gasteiger partial charge on any atom is 0.409 e. The first-order valence-electron chi connectivity index (χ1n) is 12.5. The normalized spacial score (nSPS) is 16.3. The molecule has 37 heavy (non-hydrogen) atoms. The van der Waals surface area contributed by atoms with Crippen molar-refractivity contribution in [3.8, 4) is 0 Å². The topological polar surface area (TPSA) is 83.1 Å². The number of hydrogen-bond donors (Lipinski definition) is 1. The molecule has 0 unspecified atom stereocenters. The number of benzene rings is 1. The Kier molecular flexibility index (Phi) is 7.22. The number of pyridine rings is 2. The highest BCUT2D eigenvalue weighted by Gasteiger charge is 2.26. The van der Waals surface area contributed by atoms with Gasteiger partial charge < -0.3 is 29.5 Å². The van der Waals surface area contributed by atoms with E-state index in [1.165, 1.54) is 6.07 Å². The zero-order valence-electron chi connectivity index (χ0n) is 21.0. The van der Waals surface area contributed by atoms with Crippen LogP contribution in [0.1, 0.15) is 12.5 Å². The lowest BCUT2D eigenvalue weighted by Gasteiger charge is -2.36. The lowest BCUT2D eigenvalue weighted by Crippen LogP contribution is -2.49. The Morgan fingerprint density at radius 1 is 1.05 bits per heavy atom. The highest BCUT2D eigenvalue weighted by Crippen LogP contribution is 2.37. The van der Waals surface area contributed by atoms with Crippen molar-refractivity contribution in [1.82, 2.24) is 14.9 Å². The fraction of sp³-hybridized carbons (Fsp3) is 0.423. The SMILES string of the molecule is CCOC(=O)N1CCN(c2nc3cc(F)cc(F)c3c(Nc3cncc(N4CCOCC4)c3)c2C)CC1. The van der Waals surface area contributed by atoms with Crippen LogP contribution in [0.3, 0.4) is 0 Å². The minimum atomic E-state index is -0.693. The largest absolute Gasteiger partial charge is 0.450 e. The summed E-state index contributed by atoms with van der Waals surface area (Å²) in [5.41, 5.74) is 3.06. The number of carbonyl (C=O) groups is 1. The minimum absolute atomic E-state index is 0.213. The number of morpholine rings is 1. The molecule has 2 aliphatic rings. The molecule has 2 fully saturated rings. The van der Waals surface area contributed by atoms with Gasteiger partial charge in [0.05, 0.1) is 60.2 Å². The van der Waals surface area contributed by atoms with E-state index in [0.29, 0.717) is 63.2 Å². The Hall–Kier alpha value is -3.73. The average molecular weight is 513 g/mol. The second-order valence-electron chi connectivity index (χ2n) is 9.05. The molecule has 4 heterocycles. The average Bonchev–Trinajstić information content (AvgIpc) is 2.91. The monoisotopic (exact) mass is 512 g/mol. The summed E-state index contributed by atoms with van der Waals surface area (Å²) in [6.07, 6.45) is 3.12. The van der Waals surface area contributed by atoms with Crippen molar-refractivity contribution in [3.05, 3.63) is 47.8 Å². The fourth-order valence-corrected chi connectivity index (χ4v) is 4.81. The quantitative estimate of drug-likeness (QED) is 0.548. The first-order valence-corrected chi connectivity index (χ1v) is 12.5. The van der Waals surface area contributed by atoms with Crippen molar-refractivity contribution in [1.29, 1.82) is 0 Å². The molecule has 0 radical (unpaired) electrons.